The Morgan fingerprint density at radius 2 is 2.19 bits per heavy atom. The Balaban J connectivity index is 1.64. The van der Waals surface area contributed by atoms with Crippen LogP contribution in [0.15, 0.2) is 10.9 Å². The van der Waals surface area contributed by atoms with Gasteiger partial charge in [0.1, 0.15) is 0 Å². The molecule has 1 saturated carbocycles. The van der Waals surface area contributed by atoms with Crippen molar-refractivity contribution in [1.82, 2.24) is 14.6 Å². The van der Waals surface area contributed by atoms with E-state index in [9.17, 15) is 4.79 Å². The minimum absolute atomic E-state index is 0.0894. The summed E-state index contributed by atoms with van der Waals surface area (Å²) in [5.74, 6) is 0.855. The molecule has 0 amide bonds. The van der Waals surface area contributed by atoms with Gasteiger partial charge in [-0.3, -0.25) is 4.79 Å². The summed E-state index contributed by atoms with van der Waals surface area (Å²) in [5, 5.41) is 8.47. The van der Waals surface area contributed by atoms with Gasteiger partial charge in [0.05, 0.1) is 0 Å². The van der Waals surface area contributed by atoms with Gasteiger partial charge in [0.2, 0.25) is 10.1 Å². The van der Waals surface area contributed by atoms with Gasteiger partial charge in [-0.1, -0.05) is 50.4 Å². The molecule has 0 saturated heterocycles. The van der Waals surface area contributed by atoms with E-state index in [1.54, 1.807) is 6.07 Å². The Labute approximate surface area is 128 Å². The molecule has 2 aromatic heterocycles. The minimum atomic E-state index is -0.0894. The normalized spacial score (nSPS) is 16.4. The quantitative estimate of drug-likeness (QED) is 0.922. The van der Waals surface area contributed by atoms with E-state index in [0.717, 1.165) is 29.7 Å². The molecule has 0 aromatic carbocycles. The van der Waals surface area contributed by atoms with E-state index < -0.39 is 0 Å². The molecule has 21 heavy (non-hydrogen) atoms. The van der Waals surface area contributed by atoms with Crippen LogP contribution in [-0.2, 0) is 6.42 Å². The maximum atomic E-state index is 11.9. The number of rotatable bonds is 5. The average molecular weight is 306 g/mol. The second-order valence-electron chi connectivity index (χ2n) is 5.76. The fourth-order valence-electron chi connectivity index (χ4n) is 2.97. The third-order valence-corrected chi connectivity index (χ3v) is 5.08. The summed E-state index contributed by atoms with van der Waals surface area (Å²) >= 11 is 1.46. The number of fused-ring (bicyclic) bond motifs is 1. The largest absolute Gasteiger partial charge is 0.360 e. The Bertz CT molecular complexity index is 657. The molecule has 2 aromatic rings. The smallest absolute Gasteiger partial charge is 0.275 e. The van der Waals surface area contributed by atoms with Crippen LogP contribution in [0.25, 0.3) is 4.96 Å². The van der Waals surface area contributed by atoms with Crippen molar-refractivity contribution in [3.63, 3.8) is 0 Å². The van der Waals surface area contributed by atoms with Crippen molar-refractivity contribution in [2.75, 3.05) is 11.9 Å². The maximum absolute atomic E-state index is 11.9. The number of hydrogen-bond donors (Lipinski definition) is 1. The highest BCUT2D eigenvalue weighted by Gasteiger charge is 2.13. The van der Waals surface area contributed by atoms with Crippen LogP contribution in [0, 0.1) is 5.92 Å². The number of anilines is 1. The number of hydrogen-bond acceptors (Lipinski definition) is 5. The van der Waals surface area contributed by atoms with Gasteiger partial charge >= 0.3 is 0 Å². The molecule has 5 nitrogen and oxygen atoms in total. The van der Waals surface area contributed by atoms with Gasteiger partial charge in [0.15, 0.2) is 0 Å². The molecule has 0 spiro atoms. The third kappa shape index (κ3) is 3.43. The second-order valence-corrected chi connectivity index (χ2v) is 6.72. The lowest BCUT2D eigenvalue weighted by Gasteiger charge is -2.21. The molecule has 0 radical (unpaired) electrons. The molecule has 0 atom stereocenters. The molecule has 114 valence electrons. The van der Waals surface area contributed by atoms with Crippen LogP contribution in [0.1, 0.15) is 51.1 Å². The van der Waals surface area contributed by atoms with Gasteiger partial charge < -0.3 is 5.32 Å². The number of nitrogens with zero attached hydrogens (tertiary/aromatic N) is 3. The first kappa shape index (κ1) is 14.5. The van der Waals surface area contributed by atoms with Gasteiger partial charge in [0.25, 0.3) is 5.56 Å². The first-order chi connectivity index (χ1) is 10.3. The highest BCUT2D eigenvalue weighted by molar-refractivity contribution is 7.20. The third-order valence-electron chi connectivity index (χ3n) is 4.21. The van der Waals surface area contributed by atoms with Crippen molar-refractivity contribution in [2.45, 2.75) is 51.9 Å². The van der Waals surface area contributed by atoms with Crippen LogP contribution in [0.2, 0.25) is 0 Å². The Morgan fingerprint density at radius 1 is 1.38 bits per heavy atom. The average Bonchev–Trinajstić information content (AvgIpc) is 2.91. The topological polar surface area (TPSA) is 59.3 Å². The van der Waals surface area contributed by atoms with E-state index in [0.29, 0.717) is 4.96 Å². The predicted octanol–water partition coefficient (Wildman–Crippen LogP) is 3.10. The molecular weight excluding hydrogens is 284 g/mol. The molecule has 0 bridgehead atoms. The SMILES string of the molecule is CCc1cc(=O)n2nc(NCCC3CCCCC3)sc2n1. The lowest BCUT2D eigenvalue weighted by atomic mass is 9.87. The molecular formula is C15H22N4OS. The van der Waals surface area contributed by atoms with Crippen LogP contribution in [0.5, 0.6) is 0 Å². The van der Waals surface area contributed by atoms with Crippen molar-refractivity contribution >= 4 is 21.4 Å². The number of aryl methyl sites for hydroxylation is 1. The lowest BCUT2D eigenvalue weighted by molar-refractivity contribution is 0.345. The van der Waals surface area contributed by atoms with Gasteiger partial charge in [-0.2, -0.15) is 4.52 Å². The minimum Gasteiger partial charge on any atom is -0.360 e. The standard InChI is InChI=1S/C15H22N4OS/c1-2-12-10-13(20)19-15(17-12)21-14(18-19)16-9-8-11-6-4-3-5-7-11/h10-11H,2-9H2,1H3,(H,16,18). The summed E-state index contributed by atoms with van der Waals surface area (Å²) < 4.78 is 1.40. The Hall–Kier alpha value is -1.43. The van der Waals surface area contributed by atoms with Crippen LogP contribution >= 0.6 is 11.3 Å². The molecule has 1 fully saturated rings. The molecule has 1 aliphatic rings. The number of nitrogens with one attached hydrogen (secondary N) is 1. The van der Waals surface area contributed by atoms with Gasteiger partial charge in [-0.15, -0.1) is 5.10 Å². The van der Waals surface area contributed by atoms with Crippen molar-refractivity contribution < 1.29 is 0 Å². The molecule has 6 heteroatoms. The predicted molar refractivity (Wildman–Crippen MR) is 86.2 cm³/mol. The fourth-order valence-corrected chi connectivity index (χ4v) is 3.82. The molecule has 1 N–H and O–H groups in total. The lowest BCUT2D eigenvalue weighted by Crippen LogP contribution is -2.16. The fraction of sp³-hybridized carbons (Fsp3) is 0.667. The zero-order valence-corrected chi connectivity index (χ0v) is 13.3. The highest BCUT2D eigenvalue weighted by Crippen LogP contribution is 2.26. The molecule has 3 rings (SSSR count). The van der Waals surface area contributed by atoms with Crippen LogP contribution in [-0.4, -0.2) is 21.1 Å². The summed E-state index contributed by atoms with van der Waals surface area (Å²) in [6, 6.07) is 1.57. The van der Waals surface area contributed by atoms with Crippen molar-refractivity contribution in [3.05, 3.63) is 22.1 Å². The van der Waals surface area contributed by atoms with Crippen LogP contribution < -0.4 is 10.9 Å². The zero-order chi connectivity index (χ0) is 14.7. The maximum Gasteiger partial charge on any atom is 0.275 e. The Morgan fingerprint density at radius 3 is 2.95 bits per heavy atom. The molecule has 0 aliphatic heterocycles. The van der Waals surface area contributed by atoms with E-state index in [2.05, 4.69) is 15.4 Å². The van der Waals surface area contributed by atoms with Crippen molar-refractivity contribution in [1.29, 1.82) is 0 Å². The first-order valence-corrected chi connectivity index (χ1v) is 8.71. The monoisotopic (exact) mass is 306 g/mol. The second kappa shape index (κ2) is 6.56. The van der Waals surface area contributed by atoms with E-state index >= 15 is 0 Å². The van der Waals surface area contributed by atoms with Crippen LogP contribution in [0.3, 0.4) is 0 Å². The molecule has 2 heterocycles. The van der Waals surface area contributed by atoms with Gasteiger partial charge in [0, 0.05) is 18.3 Å². The summed E-state index contributed by atoms with van der Waals surface area (Å²) in [7, 11) is 0. The summed E-state index contributed by atoms with van der Waals surface area (Å²) in [6.07, 6.45) is 8.85. The van der Waals surface area contributed by atoms with E-state index in [1.165, 1.54) is 54.4 Å². The van der Waals surface area contributed by atoms with Crippen molar-refractivity contribution in [3.8, 4) is 0 Å². The first-order valence-electron chi connectivity index (χ1n) is 7.90. The Kier molecular flexibility index (Phi) is 4.53. The van der Waals surface area contributed by atoms with Crippen LogP contribution in [0.4, 0.5) is 5.13 Å². The highest BCUT2D eigenvalue weighted by atomic mass is 32.1. The van der Waals surface area contributed by atoms with E-state index in [-0.39, 0.29) is 5.56 Å². The summed E-state index contributed by atoms with van der Waals surface area (Å²) in [6.45, 7) is 2.93. The zero-order valence-electron chi connectivity index (χ0n) is 12.5. The van der Waals surface area contributed by atoms with E-state index in [1.807, 2.05) is 6.92 Å². The van der Waals surface area contributed by atoms with Gasteiger partial charge in [-0.05, 0) is 18.8 Å². The number of aromatic nitrogens is 3. The van der Waals surface area contributed by atoms with E-state index in [4.69, 9.17) is 0 Å². The molecule has 0 unspecified atom stereocenters. The molecule has 1 aliphatic carbocycles. The van der Waals surface area contributed by atoms with Gasteiger partial charge in [-0.25, -0.2) is 4.98 Å². The summed E-state index contributed by atoms with van der Waals surface area (Å²) in [4.78, 5) is 17.1. The van der Waals surface area contributed by atoms with Crippen molar-refractivity contribution in [2.24, 2.45) is 5.92 Å². The summed E-state index contributed by atoms with van der Waals surface area (Å²) in [5.41, 5.74) is 0.742.